The van der Waals surface area contributed by atoms with E-state index >= 15 is 0 Å². The molecular formula is C19H30O. The molecular weight excluding hydrogens is 244 g/mol. The molecule has 8 fully saturated rings. The summed E-state index contributed by atoms with van der Waals surface area (Å²) in [6.45, 7) is 0. The molecule has 0 amide bonds. The summed E-state index contributed by atoms with van der Waals surface area (Å²) >= 11 is 0. The van der Waals surface area contributed by atoms with Gasteiger partial charge in [0, 0.05) is 0 Å². The monoisotopic (exact) mass is 274 g/mol. The highest BCUT2D eigenvalue weighted by Gasteiger charge is 2.43. The molecule has 0 aromatic carbocycles. The molecule has 1 nitrogen and oxygen atoms in total. The molecule has 8 bridgehead atoms. The van der Waals surface area contributed by atoms with Crippen molar-refractivity contribution >= 4 is 0 Å². The summed E-state index contributed by atoms with van der Waals surface area (Å²) in [6, 6.07) is 0. The van der Waals surface area contributed by atoms with Crippen molar-refractivity contribution in [2.75, 3.05) is 0 Å². The van der Waals surface area contributed by atoms with Crippen molar-refractivity contribution in [3.8, 4) is 0 Å². The highest BCUT2D eigenvalue weighted by Crippen LogP contribution is 2.53. The predicted molar refractivity (Wildman–Crippen MR) is 80.4 cm³/mol. The van der Waals surface area contributed by atoms with Gasteiger partial charge in [-0.1, -0.05) is 0 Å². The van der Waals surface area contributed by atoms with Gasteiger partial charge in [0.15, 0.2) is 0 Å². The Kier molecular flexibility index (Phi) is 2.96. The van der Waals surface area contributed by atoms with Crippen LogP contribution in [0.1, 0.15) is 70.6 Å². The van der Waals surface area contributed by atoms with Gasteiger partial charge < -0.3 is 4.74 Å². The highest BCUT2D eigenvalue weighted by molar-refractivity contribution is 4.93. The molecule has 2 aliphatic heterocycles. The molecule has 0 N–H and O–H groups in total. The third kappa shape index (κ3) is 2.25. The van der Waals surface area contributed by atoms with Crippen molar-refractivity contribution in [1.29, 1.82) is 0 Å². The molecule has 8 aliphatic rings. The summed E-state index contributed by atoms with van der Waals surface area (Å²) < 4.78 is 5.82. The normalized spacial score (nSPS) is 57.6. The van der Waals surface area contributed by atoms with Crippen molar-refractivity contribution in [1.82, 2.24) is 0 Å². The van der Waals surface area contributed by atoms with E-state index in [9.17, 15) is 0 Å². The fourth-order valence-corrected chi connectivity index (χ4v) is 7.21. The largest absolute Gasteiger partial charge is 0.375 e. The van der Waals surface area contributed by atoms with Crippen LogP contribution in [0.2, 0.25) is 0 Å². The maximum atomic E-state index is 5.82. The zero-order valence-electron chi connectivity index (χ0n) is 12.8. The minimum Gasteiger partial charge on any atom is -0.375 e. The number of rotatable bonds is 0. The summed E-state index contributed by atoms with van der Waals surface area (Å²) in [7, 11) is 0. The fraction of sp³-hybridized carbons (Fsp3) is 1.00. The molecule has 0 aromatic heterocycles. The molecule has 2 saturated heterocycles. The van der Waals surface area contributed by atoms with Gasteiger partial charge in [-0.05, 0) is 106 Å². The van der Waals surface area contributed by atoms with Crippen LogP contribution < -0.4 is 0 Å². The minimum absolute atomic E-state index is 0.677. The SMILES string of the molecule is C1C2CC3CC1CC(C2)C3.C1C2CC3CC1CC(C2)O3. The molecule has 8 rings (SSSR count). The lowest BCUT2D eigenvalue weighted by molar-refractivity contribution is -0.154. The van der Waals surface area contributed by atoms with Crippen LogP contribution in [0.3, 0.4) is 0 Å². The first-order valence-corrected chi connectivity index (χ1v) is 9.45. The summed E-state index contributed by atoms with van der Waals surface area (Å²) in [5.74, 6) is 6.81. The minimum atomic E-state index is 0.677. The molecule has 6 saturated carbocycles. The van der Waals surface area contributed by atoms with Gasteiger partial charge in [0.05, 0.1) is 12.2 Å². The smallest absolute Gasteiger partial charge is 0.0584 e. The Morgan fingerprint density at radius 3 is 0.850 bits per heavy atom. The van der Waals surface area contributed by atoms with Crippen molar-refractivity contribution in [3.05, 3.63) is 0 Å². The summed E-state index contributed by atoms with van der Waals surface area (Å²) in [4.78, 5) is 0. The molecule has 112 valence electrons. The lowest BCUT2D eigenvalue weighted by atomic mass is 9.56. The van der Waals surface area contributed by atoms with E-state index in [2.05, 4.69) is 0 Å². The molecule has 0 atom stereocenters. The Morgan fingerprint density at radius 2 is 0.600 bits per heavy atom. The fourth-order valence-electron chi connectivity index (χ4n) is 7.21. The molecule has 20 heavy (non-hydrogen) atoms. The highest BCUT2D eigenvalue weighted by atomic mass is 16.5. The van der Waals surface area contributed by atoms with Crippen molar-refractivity contribution < 1.29 is 4.74 Å². The average Bonchev–Trinajstić information content (AvgIpc) is 2.35. The number of hydrogen-bond acceptors (Lipinski definition) is 1. The van der Waals surface area contributed by atoms with Gasteiger partial charge in [-0.25, -0.2) is 0 Å². The molecule has 2 heterocycles. The average molecular weight is 274 g/mol. The third-order valence-electron chi connectivity index (χ3n) is 7.44. The van der Waals surface area contributed by atoms with Crippen LogP contribution in [0.25, 0.3) is 0 Å². The lowest BCUT2D eigenvalue weighted by Crippen LogP contribution is -2.45. The van der Waals surface area contributed by atoms with Crippen LogP contribution in [0, 0.1) is 35.5 Å². The van der Waals surface area contributed by atoms with E-state index in [0.29, 0.717) is 12.2 Å². The quantitative estimate of drug-likeness (QED) is 0.616. The van der Waals surface area contributed by atoms with Gasteiger partial charge in [-0.15, -0.1) is 0 Å². The van der Waals surface area contributed by atoms with Gasteiger partial charge in [0.1, 0.15) is 0 Å². The lowest BCUT2D eigenvalue weighted by Gasteiger charge is -2.49. The molecule has 0 aromatic rings. The summed E-state index contributed by atoms with van der Waals surface area (Å²) in [5.41, 5.74) is 0. The van der Waals surface area contributed by atoms with E-state index in [1.165, 1.54) is 55.8 Å². The van der Waals surface area contributed by atoms with Crippen LogP contribution in [0.5, 0.6) is 0 Å². The Labute approximate surface area is 123 Å². The zero-order chi connectivity index (χ0) is 13.1. The Balaban J connectivity index is 0.0000000960. The summed E-state index contributed by atoms with van der Waals surface area (Å²) in [6.07, 6.45) is 18.0. The predicted octanol–water partition coefficient (Wildman–Crippen LogP) is 4.80. The van der Waals surface area contributed by atoms with E-state index < -0.39 is 0 Å². The number of ether oxygens (including phenoxy) is 1. The van der Waals surface area contributed by atoms with E-state index in [1.807, 2.05) is 0 Å². The van der Waals surface area contributed by atoms with Crippen LogP contribution in [-0.4, -0.2) is 12.2 Å². The first-order chi connectivity index (χ1) is 9.80. The van der Waals surface area contributed by atoms with Crippen molar-refractivity contribution in [2.24, 2.45) is 35.5 Å². The summed E-state index contributed by atoms with van der Waals surface area (Å²) in [5, 5.41) is 0. The van der Waals surface area contributed by atoms with E-state index in [-0.39, 0.29) is 0 Å². The first-order valence-electron chi connectivity index (χ1n) is 9.45. The molecule has 1 heteroatoms. The van der Waals surface area contributed by atoms with E-state index in [1.54, 1.807) is 38.5 Å². The van der Waals surface area contributed by atoms with Gasteiger partial charge in [-0.2, -0.15) is 0 Å². The third-order valence-corrected chi connectivity index (χ3v) is 7.44. The van der Waals surface area contributed by atoms with Crippen LogP contribution in [-0.2, 0) is 4.74 Å². The van der Waals surface area contributed by atoms with Crippen LogP contribution in [0.4, 0.5) is 0 Å². The van der Waals surface area contributed by atoms with Gasteiger partial charge in [0.25, 0.3) is 0 Å². The molecule has 6 aliphatic carbocycles. The molecule has 0 unspecified atom stereocenters. The Bertz CT molecular complexity index is 225. The maximum Gasteiger partial charge on any atom is 0.0584 e. The van der Waals surface area contributed by atoms with Gasteiger partial charge in [0.2, 0.25) is 0 Å². The van der Waals surface area contributed by atoms with E-state index in [4.69, 9.17) is 4.74 Å². The Morgan fingerprint density at radius 1 is 0.350 bits per heavy atom. The van der Waals surface area contributed by atoms with Gasteiger partial charge >= 0.3 is 0 Å². The van der Waals surface area contributed by atoms with Crippen molar-refractivity contribution in [2.45, 2.75) is 82.8 Å². The second kappa shape index (κ2) is 4.73. The van der Waals surface area contributed by atoms with Gasteiger partial charge in [-0.3, -0.25) is 0 Å². The maximum absolute atomic E-state index is 5.82. The molecule has 0 radical (unpaired) electrons. The number of hydrogen-bond donors (Lipinski definition) is 0. The van der Waals surface area contributed by atoms with Crippen LogP contribution in [0.15, 0.2) is 0 Å². The second-order valence-electron chi connectivity index (χ2n) is 9.17. The second-order valence-corrected chi connectivity index (χ2v) is 9.17. The van der Waals surface area contributed by atoms with E-state index in [0.717, 1.165) is 11.8 Å². The topological polar surface area (TPSA) is 9.23 Å². The first kappa shape index (κ1) is 12.5. The Hall–Kier alpha value is -0.0400. The zero-order valence-corrected chi connectivity index (χ0v) is 12.8. The molecule has 0 spiro atoms. The standard InChI is InChI=1S/C10H16.C9H14O/c1-7-2-9-4-8(1)5-10(3-7)6-9;1-6-2-8-4-7(1)5-9(3-6)10-8/h7-10H,1-6H2;6-9H,1-5H2. The van der Waals surface area contributed by atoms with Crippen LogP contribution >= 0.6 is 0 Å². The van der Waals surface area contributed by atoms with Crippen molar-refractivity contribution in [3.63, 3.8) is 0 Å².